The molecule has 1 saturated carbocycles. The van der Waals surface area contributed by atoms with Gasteiger partial charge in [0.2, 0.25) is 0 Å². The fraction of sp³-hybridized carbons (Fsp3) is 0.458. The monoisotopic (exact) mass is 536 g/mol. The van der Waals surface area contributed by atoms with E-state index in [4.69, 9.17) is 9.73 Å². The molecule has 7 heteroatoms. The SMILES string of the molecule is CCNC(=NCc1cccc(-c2ccccn2)c1)NC1CCC(C(=O)OCC)CC1.I. The van der Waals surface area contributed by atoms with Crippen molar-refractivity contribution >= 4 is 35.9 Å². The summed E-state index contributed by atoms with van der Waals surface area (Å²) in [5.41, 5.74) is 3.20. The highest BCUT2D eigenvalue weighted by atomic mass is 127. The van der Waals surface area contributed by atoms with Crippen LogP contribution in [0.3, 0.4) is 0 Å². The topological polar surface area (TPSA) is 75.6 Å². The number of carbonyl (C=O) groups is 1. The average molecular weight is 536 g/mol. The first-order valence-corrected chi connectivity index (χ1v) is 10.9. The van der Waals surface area contributed by atoms with Gasteiger partial charge < -0.3 is 15.4 Å². The molecule has 0 spiro atoms. The number of esters is 1. The smallest absolute Gasteiger partial charge is 0.308 e. The number of hydrogen-bond donors (Lipinski definition) is 2. The highest BCUT2D eigenvalue weighted by Gasteiger charge is 2.27. The van der Waals surface area contributed by atoms with Gasteiger partial charge in [0.1, 0.15) is 0 Å². The Labute approximate surface area is 202 Å². The Hall–Kier alpha value is -2.16. The molecule has 1 aromatic heterocycles. The number of aromatic nitrogens is 1. The molecule has 0 radical (unpaired) electrons. The van der Waals surface area contributed by atoms with Crippen LogP contribution in [0.5, 0.6) is 0 Å². The van der Waals surface area contributed by atoms with Crippen molar-refractivity contribution in [2.24, 2.45) is 10.9 Å². The van der Waals surface area contributed by atoms with Gasteiger partial charge in [0.15, 0.2) is 5.96 Å². The molecule has 0 aliphatic heterocycles. The van der Waals surface area contributed by atoms with Gasteiger partial charge in [-0.25, -0.2) is 4.99 Å². The molecule has 3 rings (SSSR count). The lowest BCUT2D eigenvalue weighted by Gasteiger charge is -2.29. The van der Waals surface area contributed by atoms with Crippen molar-refractivity contribution < 1.29 is 9.53 Å². The third-order valence-electron chi connectivity index (χ3n) is 5.34. The van der Waals surface area contributed by atoms with E-state index in [1.807, 2.05) is 37.4 Å². The predicted octanol–water partition coefficient (Wildman–Crippen LogP) is 4.54. The maximum Gasteiger partial charge on any atom is 0.308 e. The molecular weight excluding hydrogens is 503 g/mol. The standard InChI is InChI=1S/C24H32N4O2.HI/c1-3-25-24(28-21-13-11-19(12-14-21)23(29)30-4-2)27-17-18-8-7-9-20(16-18)22-10-5-6-15-26-22;/h5-10,15-16,19,21H,3-4,11-14,17H2,1-2H3,(H2,25,27,28);1H. The van der Waals surface area contributed by atoms with Crippen molar-refractivity contribution in [3.05, 3.63) is 54.2 Å². The third kappa shape index (κ3) is 7.79. The van der Waals surface area contributed by atoms with Crippen molar-refractivity contribution in [3.63, 3.8) is 0 Å². The minimum atomic E-state index is -0.0516. The number of nitrogens with one attached hydrogen (secondary N) is 2. The van der Waals surface area contributed by atoms with Crippen LogP contribution >= 0.6 is 24.0 Å². The Kier molecular flexibility index (Phi) is 10.8. The predicted molar refractivity (Wildman–Crippen MR) is 135 cm³/mol. The molecule has 1 aliphatic rings. The Morgan fingerprint density at radius 2 is 1.94 bits per heavy atom. The molecule has 0 atom stereocenters. The number of rotatable bonds is 7. The molecule has 2 N–H and O–H groups in total. The molecule has 6 nitrogen and oxygen atoms in total. The van der Waals surface area contributed by atoms with Crippen LogP contribution < -0.4 is 10.6 Å². The summed E-state index contributed by atoms with van der Waals surface area (Å²) >= 11 is 0. The molecule has 0 unspecified atom stereocenters. The van der Waals surface area contributed by atoms with Crippen LogP contribution in [0, 0.1) is 5.92 Å². The average Bonchev–Trinajstić information content (AvgIpc) is 2.79. The molecule has 0 saturated heterocycles. The van der Waals surface area contributed by atoms with Crippen LogP contribution in [0.1, 0.15) is 45.1 Å². The summed E-state index contributed by atoms with van der Waals surface area (Å²) in [6, 6.07) is 14.6. The minimum Gasteiger partial charge on any atom is -0.466 e. The Bertz CT molecular complexity index is 836. The first-order chi connectivity index (χ1) is 14.7. The van der Waals surface area contributed by atoms with Crippen LogP contribution in [0.4, 0.5) is 0 Å². The van der Waals surface area contributed by atoms with E-state index in [2.05, 4.69) is 40.7 Å². The second-order valence-corrected chi connectivity index (χ2v) is 7.56. The number of nitrogens with zero attached hydrogens (tertiary/aromatic N) is 2. The fourth-order valence-electron chi connectivity index (χ4n) is 3.78. The Morgan fingerprint density at radius 1 is 1.13 bits per heavy atom. The molecule has 31 heavy (non-hydrogen) atoms. The molecule has 1 aromatic carbocycles. The van der Waals surface area contributed by atoms with Crippen LogP contribution in [0.15, 0.2) is 53.7 Å². The van der Waals surface area contributed by atoms with Gasteiger partial charge in [0.05, 0.1) is 24.8 Å². The Balaban J connectivity index is 0.00000341. The lowest BCUT2D eigenvalue weighted by Crippen LogP contribution is -2.45. The van der Waals surface area contributed by atoms with Gasteiger partial charge in [-0.15, -0.1) is 24.0 Å². The van der Waals surface area contributed by atoms with E-state index in [-0.39, 0.29) is 35.9 Å². The second kappa shape index (κ2) is 13.3. The van der Waals surface area contributed by atoms with Gasteiger partial charge in [-0.05, 0) is 63.3 Å². The highest BCUT2D eigenvalue weighted by molar-refractivity contribution is 14.0. The summed E-state index contributed by atoms with van der Waals surface area (Å²) in [4.78, 5) is 21.1. The zero-order valence-electron chi connectivity index (χ0n) is 18.3. The summed E-state index contributed by atoms with van der Waals surface area (Å²) in [6.07, 6.45) is 5.43. The number of carbonyl (C=O) groups excluding carboxylic acids is 1. The van der Waals surface area contributed by atoms with E-state index in [0.29, 0.717) is 19.2 Å². The van der Waals surface area contributed by atoms with E-state index in [1.54, 1.807) is 0 Å². The maximum atomic E-state index is 11.9. The third-order valence-corrected chi connectivity index (χ3v) is 5.34. The number of halogens is 1. The van der Waals surface area contributed by atoms with Crippen molar-refractivity contribution in [1.82, 2.24) is 15.6 Å². The van der Waals surface area contributed by atoms with E-state index >= 15 is 0 Å². The molecule has 0 amide bonds. The summed E-state index contributed by atoms with van der Waals surface area (Å²) in [5.74, 6) is 0.807. The van der Waals surface area contributed by atoms with Crippen molar-refractivity contribution in [1.29, 1.82) is 0 Å². The normalized spacial score (nSPS) is 18.6. The number of ether oxygens (including phenoxy) is 1. The summed E-state index contributed by atoms with van der Waals surface area (Å²) in [6.45, 7) is 5.77. The molecule has 2 aromatic rings. The lowest BCUT2D eigenvalue weighted by atomic mass is 9.86. The quantitative estimate of drug-likeness (QED) is 0.235. The van der Waals surface area contributed by atoms with Crippen LogP contribution in [0.2, 0.25) is 0 Å². The molecule has 0 bridgehead atoms. The van der Waals surface area contributed by atoms with Crippen molar-refractivity contribution in [2.45, 2.75) is 52.1 Å². The maximum absolute atomic E-state index is 11.9. The van der Waals surface area contributed by atoms with E-state index in [1.165, 1.54) is 0 Å². The van der Waals surface area contributed by atoms with Crippen molar-refractivity contribution in [3.8, 4) is 11.3 Å². The summed E-state index contributed by atoms with van der Waals surface area (Å²) in [7, 11) is 0. The van der Waals surface area contributed by atoms with Crippen LogP contribution in [0.25, 0.3) is 11.3 Å². The number of hydrogen-bond acceptors (Lipinski definition) is 4. The van der Waals surface area contributed by atoms with Gasteiger partial charge in [-0.2, -0.15) is 0 Å². The number of benzene rings is 1. The number of aliphatic imine (C=N–C) groups is 1. The van der Waals surface area contributed by atoms with E-state index in [9.17, 15) is 4.79 Å². The molecule has 1 heterocycles. The van der Waals surface area contributed by atoms with E-state index in [0.717, 1.165) is 55.0 Å². The van der Waals surface area contributed by atoms with Gasteiger partial charge in [0, 0.05) is 24.3 Å². The number of pyridine rings is 1. The van der Waals surface area contributed by atoms with Gasteiger partial charge in [-0.1, -0.05) is 24.3 Å². The van der Waals surface area contributed by atoms with Gasteiger partial charge >= 0.3 is 5.97 Å². The minimum absolute atomic E-state index is 0. The second-order valence-electron chi connectivity index (χ2n) is 7.56. The van der Waals surface area contributed by atoms with E-state index < -0.39 is 0 Å². The van der Waals surface area contributed by atoms with Crippen LogP contribution in [-0.2, 0) is 16.1 Å². The Morgan fingerprint density at radius 3 is 2.61 bits per heavy atom. The number of guanidine groups is 1. The zero-order chi connectivity index (χ0) is 21.2. The molecule has 1 fully saturated rings. The van der Waals surface area contributed by atoms with Gasteiger partial charge in [0.25, 0.3) is 0 Å². The summed E-state index contributed by atoms with van der Waals surface area (Å²) < 4.78 is 5.17. The summed E-state index contributed by atoms with van der Waals surface area (Å²) in [5, 5.41) is 6.87. The highest BCUT2D eigenvalue weighted by Crippen LogP contribution is 2.25. The van der Waals surface area contributed by atoms with Crippen molar-refractivity contribution in [2.75, 3.05) is 13.2 Å². The first kappa shape index (κ1) is 25.1. The molecular formula is C24H33IN4O2. The fourth-order valence-corrected chi connectivity index (χ4v) is 3.78. The molecule has 168 valence electrons. The zero-order valence-corrected chi connectivity index (χ0v) is 20.7. The lowest BCUT2D eigenvalue weighted by molar-refractivity contribution is -0.149. The first-order valence-electron chi connectivity index (χ1n) is 10.9. The van der Waals surface area contributed by atoms with Crippen LogP contribution in [-0.4, -0.2) is 36.1 Å². The molecule has 1 aliphatic carbocycles. The van der Waals surface area contributed by atoms with Gasteiger partial charge in [-0.3, -0.25) is 9.78 Å². The largest absolute Gasteiger partial charge is 0.466 e.